The maximum atomic E-state index is 12.0. The van der Waals surface area contributed by atoms with Gasteiger partial charge in [0, 0.05) is 18.5 Å². The molecule has 6 heteroatoms. The number of rotatable bonds is 6. The predicted octanol–water partition coefficient (Wildman–Crippen LogP) is 3.12. The Morgan fingerprint density at radius 2 is 2.04 bits per heavy atom. The minimum Gasteiger partial charge on any atom is -0.481 e. The van der Waals surface area contributed by atoms with Crippen LogP contribution in [0.2, 0.25) is 0 Å². The normalized spacial score (nSPS) is 13.9. The Kier molecular flexibility index (Phi) is 4.73. The van der Waals surface area contributed by atoms with Crippen LogP contribution >= 0.6 is 0 Å². The quantitative estimate of drug-likeness (QED) is 0.739. The summed E-state index contributed by atoms with van der Waals surface area (Å²) < 4.78 is 10.9. The number of carbonyl (C=O) groups is 1. The van der Waals surface area contributed by atoms with Gasteiger partial charge in [-0.15, -0.1) is 0 Å². The number of fused-ring (bicyclic) bond motifs is 1. The number of hydrogen-bond donors (Lipinski definition) is 1. The molecular weight excluding hydrogens is 330 g/mol. The van der Waals surface area contributed by atoms with Crippen LogP contribution in [0, 0.1) is 0 Å². The van der Waals surface area contributed by atoms with E-state index in [1.807, 2.05) is 30.3 Å². The topological polar surface area (TPSA) is 67.6 Å². The van der Waals surface area contributed by atoms with Crippen molar-refractivity contribution in [2.75, 3.05) is 24.6 Å². The minimum atomic E-state index is -0.200. The first kappa shape index (κ1) is 16.4. The Bertz CT molecular complexity index is 886. The highest BCUT2D eigenvalue weighted by atomic mass is 16.5. The molecule has 1 aliphatic heterocycles. The second kappa shape index (κ2) is 7.47. The smallest absolute Gasteiger partial charge is 0.258 e. The number of anilines is 1. The number of hydrogen-bond acceptors (Lipinski definition) is 5. The fraction of sp³-hybridized carbons (Fsp3) is 0.300. The number of aromatic nitrogens is 1. The van der Waals surface area contributed by atoms with Crippen LogP contribution < -0.4 is 15.0 Å². The third kappa shape index (κ3) is 3.64. The lowest BCUT2D eigenvalue weighted by Gasteiger charge is -2.17. The Balaban J connectivity index is 1.45. The largest absolute Gasteiger partial charge is 0.481 e. The molecule has 134 valence electrons. The van der Waals surface area contributed by atoms with Crippen molar-refractivity contribution in [1.29, 1.82) is 0 Å². The molecule has 0 spiro atoms. The minimum absolute atomic E-state index is 0.0601. The Morgan fingerprint density at radius 1 is 1.15 bits per heavy atom. The van der Waals surface area contributed by atoms with Crippen LogP contribution in [0.4, 0.5) is 5.82 Å². The monoisotopic (exact) mass is 351 g/mol. The van der Waals surface area contributed by atoms with Gasteiger partial charge in [-0.25, -0.2) is 4.98 Å². The van der Waals surface area contributed by atoms with Crippen LogP contribution in [0.3, 0.4) is 0 Å². The summed E-state index contributed by atoms with van der Waals surface area (Å²) in [4.78, 5) is 19.1. The number of carbonyl (C=O) groups excluding carboxylic acids is 1. The van der Waals surface area contributed by atoms with E-state index < -0.39 is 0 Å². The van der Waals surface area contributed by atoms with Gasteiger partial charge in [0.1, 0.15) is 22.8 Å². The van der Waals surface area contributed by atoms with Crippen molar-refractivity contribution in [3.05, 3.63) is 54.5 Å². The van der Waals surface area contributed by atoms with Crippen molar-refractivity contribution in [2.45, 2.75) is 19.4 Å². The first-order chi connectivity index (χ1) is 12.8. The second-order valence-electron chi connectivity index (χ2n) is 6.34. The van der Waals surface area contributed by atoms with Crippen LogP contribution in [0.1, 0.15) is 18.6 Å². The number of benzene rings is 1. The van der Waals surface area contributed by atoms with Crippen molar-refractivity contribution < 1.29 is 13.9 Å². The summed E-state index contributed by atoms with van der Waals surface area (Å²) in [6.45, 7) is 2.37. The highest BCUT2D eigenvalue weighted by Gasteiger charge is 2.15. The van der Waals surface area contributed by atoms with E-state index in [0.717, 1.165) is 29.8 Å². The van der Waals surface area contributed by atoms with Gasteiger partial charge in [0.25, 0.3) is 5.91 Å². The summed E-state index contributed by atoms with van der Waals surface area (Å²) in [6, 6.07) is 13.5. The number of nitrogens with zero attached hydrogens (tertiary/aromatic N) is 2. The summed E-state index contributed by atoms with van der Waals surface area (Å²) in [5.74, 6) is 2.10. The molecule has 6 nitrogen and oxygen atoms in total. The molecule has 0 atom stereocenters. The molecule has 1 aromatic carbocycles. The van der Waals surface area contributed by atoms with Crippen molar-refractivity contribution in [3.8, 4) is 5.75 Å². The lowest BCUT2D eigenvalue weighted by molar-refractivity contribution is -0.123. The van der Waals surface area contributed by atoms with Gasteiger partial charge in [0.2, 0.25) is 0 Å². The summed E-state index contributed by atoms with van der Waals surface area (Å²) in [6.07, 6.45) is 3.99. The molecule has 0 aliphatic carbocycles. The Morgan fingerprint density at radius 3 is 2.85 bits per heavy atom. The Labute approximate surface area is 151 Å². The fourth-order valence-corrected chi connectivity index (χ4v) is 3.14. The average molecular weight is 351 g/mol. The van der Waals surface area contributed by atoms with Gasteiger partial charge in [0.15, 0.2) is 6.61 Å². The van der Waals surface area contributed by atoms with Crippen molar-refractivity contribution in [1.82, 2.24) is 10.3 Å². The molecule has 0 unspecified atom stereocenters. The molecule has 4 rings (SSSR count). The number of nitrogens with one attached hydrogen (secondary N) is 1. The maximum absolute atomic E-state index is 12.0. The van der Waals surface area contributed by atoms with Gasteiger partial charge in [-0.1, -0.05) is 12.1 Å². The zero-order valence-electron chi connectivity index (χ0n) is 14.5. The van der Waals surface area contributed by atoms with Gasteiger partial charge in [0.05, 0.1) is 12.8 Å². The van der Waals surface area contributed by atoms with E-state index >= 15 is 0 Å². The zero-order chi connectivity index (χ0) is 17.8. The molecular formula is C20H21N3O3. The number of amides is 1. The molecule has 0 saturated carbocycles. The molecule has 0 radical (unpaired) electrons. The van der Waals surface area contributed by atoms with Gasteiger partial charge in [-0.05, 0) is 43.2 Å². The fourth-order valence-electron chi connectivity index (χ4n) is 3.14. The number of ether oxygens (including phenoxy) is 1. The highest BCUT2D eigenvalue weighted by Crippen LogP contribution is 2.27. The van der Waals surface area contributed by atoms with E-state index in [-0.39, 0.29) is 12.5 Å². The van der Waals surface area contributed by atoms with E-state index in [4.69, 9.17) is 14.1 Å². The lowest BCUT2D eigenvalue weighted by Crippen LogP contribution is -2.28. The van der Waals surface area contributed by atoms with Gasteiger partial charge >= 0.3 is 0 Å². The van der Waals surface area contributed by atoms with Crippen molar-refractivity contribution >= 4 is 22.6 Å². The summed E-state index contributed by atoms with van der Waals surface area (Å²) in [5, 5.41) is 3.77. The van der Waals surface area contributed by atoms with Crippen LogP contribution in [-0.4, -0.2) is 30.6 Å². The average Bonchev–Trinajstić information content (AvgIpc) is 3.38. The first-order valence-electron chi connectivity index (χ1n) is 8.86. The van der Waals surface area contributed by atoms with Crippen LogP contribution in [-0.2, 0) is 11.3 Å². The standard InChI is InChI=1S/C20H21N3O3/c24-19(21-13-16-6-4-12-25-16)14-26-17-7-3-5-15-8-9-18(22-20(15)17)23-10-1-2-11-23/h3-9,12H,1-2,10-11,13-14H2,(H,21,24). The molecule has 1 aliphatic rings. The third-order valence-electron chi connectivity index (χ3n) is 4.50. The van der Waals surface area contributed by atoms with Gasteiger partial charge in [-0.3, -0.25) is 4.79 Å². The maximum Gasteiger partial charge on any atom is 0.258 e. The molecule has 1 saturated heterocycles. The van der Waals surface area contributed by atoms with E-state index in [9.17, 15) is 4.79 Å². The summed E-state index contributed by atoms with van der Waals surface area (Å²) >= 11 is 0. The molecule has 1 fully saturated rings. The van der Waals surface area contributed by atoms with Crippen molar-refractivity contribution in [2.24, 2.45) is 0 Å². The summed E-state index contributed by atoms with van der Waals surface area (Å²) in [5.41, 5.74) is 0.788. The van der Waals surface area contributed by atoms with E-state index in [1.54, 1.807) is 12.3 Å². The first-order valence-corrected chi connectivity index (χ1v) is 8.86. The lowest BCUT2D eigenvalue weighted by atomic mass is 10.2. The van der Waals surface area contributed by atoms with E-state index in [2.05, 4.69) is 16.3 Å². The second-order valence-corrected chi connectivity index (χ2v) is 6.34. The molecule has 2 aromatic heterocycles. The molecule has 26 heavy (non-hydrogen) atoms. The zero-order valence-corrected chi connectivity index (χ0v) is 14.5. The van der Waals surface area contributed by atoms with Crippen LogP contribution in [0.15, 0.2) is 53.1 Å². The van der Waals surface area contributed by atoms with Crippen molar-refractivity contribution in [3.63, 3.8) is 0 Å². The van der Waals surface area contributed by atoms with Gasteiger partial charge < -0.3 is 19.4 Å². The van der Waals surface area contributed by atoms with E-state index in [1.165, 1.54) is 12.8 Å². The molecule has 0 bridgehead atoms. The molecule has 1 amide bonds. The number of para-hydroxylation sites is 1. The summed E-state index contributed by atoms with van der Waals surface area (Å²) in [7, 11) is 0. The van der Waals surface area contributed by atoms with Crippen LogP contribution in [0.5, 0.6) is 5.75 Å². The van der Waals surface area contributed by atoms with E-state index in [0.29, 0.717) is 18.1 Å². The number of pyridine rings is 1. The molecule has 3 aromatic rings. The molecule has 3 heterocycles. The van der Waals surface area contributed by atoms with Crippen LogP contribution in [0.25, 0.3) is 10.9 Å². The number of furan rings is 1. The SMILES string of the molecule is O=C(COc1cccc2ccc(N3CCCC3)nc12)NCc1ccco1. The highest BCUT2D eigenvalue weighted by molar-refractivity contribution is 5.86. The third-order valence-corrected chi connectivity index (χ3v) is 4.50. The Hall–Kier alpha value is -3.02. The van der Waals surface area contributed by atoms with Gasteiger partial charge in [-0.2, -0.15) is 0 Å². The molecule has 1 N–H and O–H groups in total. The predicted molar refractivity (Wildman–Crippen MR) is 99.2 cm³/mol.